The highest BCUT2D eigenvalue weighted by Crippen LogP contribution is 2.16. The van der Waals surface area contributed by atoms with Crippen LogP contribution in [0.15, 0.2) is 35.3 Å². The largest absolute Gasteiger partial charge is 0.375 e. The van der Waals surface area contributed by atoms with E-state index in [1.807, 2.05) is 18.2 Å². The van der Waals surface area contributed by atoms with E-state index < -0.39 is 0 Å². The average molecular weight is 263 g/mol. The van der Waals surface area contributed by atoms with Gasteiger partial charge in [0.1, 0.15) is 6.10 Å². The van der Waals surface area contributed by atoms with Crippen molar-refractivity contribution in [2.45, 2.75) is 26.4 Å². The molecule has 1 aromatic carbocycles. The molecule has 0 saturated heterocycles. The third kappa shape index (κ3) is 5.75. The lowest BCUT2D eigenvalue weighted by Gasteiger charge is -2.15. The molecule has 0 aliphatic heterocycles. The zero-order valence-corrected chi connectivity index (χ0v) is 12.1. The number of hydrogen-bond donors (Lipinski definition) is 2. The van der Waals surface area contributed by atoms with Gasteiger partial charge in [-0.15, -0.1) is 0 Å². The highest BCUT2D eigenvalue weighted by molar-refractivity contribution is 5.79. The summed E-state index contributed by atoms with van der Waals surface area (Å²) in [6.07, 6.45) is 1.08. The van der Waals surface area contributed by atoms with Crippen molar-refractivity contribution in [3.05, 3.63) is 35.9 Å². The summed E-state index contributed by atoms with van der Waals surface area (Å²) in [5, 5.41) is 6.52. The van der Waals surface area contributed by atoms with Gasteiger partial charge in [-0.1, -0.05) is 37.3 Å². The summed E-state index contributed by atoms with van der Waals surface area (Å²) in [7, 11) is 1.72. The third-order valence-electron chi connectivity index (χ3n) is 2.76. The SMILES string of the molecule is CCCNC(=NCC(OC)c1ccccc1)NCC. The van der Waals surface area contributed by atoms with E-state index in [-0.39, 0.29) is 6.10 Å². The first-order chi connectivity index (χ1) is 9.31. The molecular formula is C15H25N3O. The molecule has 0 fully saturated rings. The van der Waals surface area contributed by atoms with Crippen LogP contribution in [-0.2, 0) is 4.74 Å². The molecular weight excluding hydrogens is 238 g/mol. The molecule has 1 rings (SSSR count). The Kier molecular flexibility index (Phi) is 7.66. The second kappa shape index (κ2) is 9.39. The van der Waals surface area contributed by atoms with E-state index in [4.69, 9.17) is 4.74 Å². The van der Waals surface area contributed by atoms with Crippen LogP contribution in [0, 0.1) is 0 Å². The van der Waals surface area contributed by atoms with Crippen molar-refractivity contribution < 1.29 is 4.74 Å². The van der Waals surface area contributed by atoms with E-state index in [0.29, 0.717) is 6.54 Å². The van der Waals surface area contributed by atoms with Crippen LogP contribution in [0.5, 0.6) is 0 Å². The summed E-state index contributed by atoms with van der Waals surface area (Å²) in [6, 6.07) is 10.2. The molecule has 1 atom stereocenters. The number of nitrogens with one attached hydrogen (secondary N) is 2. The predicted octanol–water partition coefficient (Wildman–Crippen LogP) is 2.34. The van der Waals surface area contributed by atoms with E-state index in [2.05, 4.69) is 41.6 Å². The monoisotopic (exact) mass is 263 g/mol. The van der Waals surface area contributed by atoms with Gasteiger partial charge in [0.2, 0.25) is 0 Å². The molecule has 0 saturated carbocycles. The molecule has 0 bridgehead atoms. The first kappa shape index (κ1) is 15.5. The minimum Gasteiger partial charge on any atom is -0.375 e. The van der Waals surface area contributed by atoms with Crippen molar-refractivity contribution in [2.75, 3.05) is 26.7 Å². The smallest absolute Gasteiger partial charge is 0.191 e. The van der Waals surface area contributed by atoms with E-state index in [1.54, 1.807) is 7.11 Å². The number of rotatable bonds is 7. The summed E-state index contributed by atoms with van der Waals surface area (Å²) in [5.41, 5.74) is 1.15. The molecule has 0 spiro atoms. The Morgan fingerprint density at radius 2 is 1.95 bits per heavy atom. The van der Waals surface area contributed by atoms with Crippen molar-refractivity contribution >= 4 is 5.96 Å². The maximum Gasteiger partial charge on any atom is 0.191 e. The number of benzene rings is 1. The Balaban J connectivity index is 2.62. The van der Waals surface area contributed by atoms with Gasteiger partial charge in [-0.3, -0.25) is 4.99 Å². The molecule has 1 aromatic rings. The lowest BCUT2D eigenvalue weighted by Crippen LogP contribution is -2.38. The molecule has 106 valence electrons. The highest BCUT2D eigenvalue weighted by Gasteiger charge is 2.09. The van der Waals surface area contributed by atoms with Crippen LogP contribution in [0.1, 0.15) is 31.9 Å². The van der Waals surface area contributed by atoms with E-state index >= 15 is 0 Å². The summed E-state index contributed by atoms with van der Waals surface area (Å²) < 4.78 is 5.51. The molecule has 0 aromatic heterocycles. The summed E-state index contributed by atoms with van der Waals surface area (Å²) in [4.78, 5) is 4.57. The zero-order chi connectivity index (χ0) is 13.9. The first-order valence-corrected chi connectivity index (χ1v) is 6.91. The lowest BCUT2D eigenvalue weighted by molar-refractivity contribution is 0.111. The van der Waals surface area contributed by atoms with Crippen LogP contribution in [0.2, 0.25) is 0 Å². The van der Waals surface area contributed by atoms with E-state index in [1.165, 1.54) is 0 Å². The Hall–Kier alpha value is -1.55. The molecule has 19 heavy (non-hydrogen) atoms. The van der Waals surface area contributed by atoms with Gasteiger partial charge < -0.3 is 15.4 Å². The van der Waals surface area contributed by atoms with Crippen LogP contribution < -0.4 is 10.6 Å². The number of guanidine groups is 1. The van der Waals surface area contributed by atoms with Crippen LogP contribution in [0.3, 0.4) is 0 Å². The van der Waals surface area contributed by atoms with Crippen molar-refractivity contribution in [3.63, 3.8) is 0 Å². The van der Waals surface area contributed by atoms with Crippen LogP contribution >= 0.6 is 0 Å². The maximum atomic E-state index is 5.51. The fourth-order valence-electron chi connectivity index (χ4n) is 1.74. The Morgan fingerprint density at radius 3 is 2.53 bits per heavy atom. The Labute approximate surface area is 116 Å². The van der Waals surface area contributed by atoms with Gasteiger partial charge in [-0.05, 0) is 18.9 Å². The van der Waals surface area contributed by atoms with Crippen LogP contribution in [-0.4, -0.2) is 32.7 Å². The maximum absolute atomic E-state index is 5.51. The second-order valence-corrected chi connectivity index (χ2v) is 4.28. The Bertz CT molecular complexity index is 365. The summed E-state index contributed by atoms with van der Waals surface area (Å²) in [6.45, 7) is 6.60. The molecule has 0 amide bonds. The Morgan fingerprint density at radius 1 is 1.21 bits per heavy atom. The van der Waals surface area contributed by atoms with Gasteiger partial charge in [0.15, 0.2) is 5.96 Å². The van der Waals surface area contributed by atoms with Crippen molar-refractivity contribution in [3.8, 4) is 0 Å². The standard InChI is InChI=1S/C15H25N3O/c1-4-11-17-15(16-5-2)18-12-14(19-3)13-9-7-6-8-10-13/h6-10,14H,4-5,11-12H2,1-3H3,(H2,16,17,18). The number of methoxy groups -OCH3 is 1. The molecule has 4 heteroatoms. The van der Waals surface area contributed by atoms with Gasteiger partial charge >= 0.3 is 0 Å². The molecule has 1 unspecified atom stereocenters. The van der Waals surface area contributed by atoms with E-state index in [0.717, 1.165) is 31.0 Å². The van der Waals surface area contributed by atoms with Crippen LogP contribution in [0.25, 0.3) is 0 Å². The van der Waals surface area contributed by atoms with Gasteiger partial charge in [-0.25, -0.2) is 0 Å². The molecule has 0 aliphatic rings. The topological polar surface area (TPSA) is 45.7 Å². The van der Waals surface area contributed by atoms with Crippen molar-refractivity contribution in [1.82, 2.24) is 10.6 Å². The zero-order valence-electron chi connectivity index (χ0n) is 12.1. The van der Waals surface area contributed by atoms with Crippen molar-refractivity contribution in [1.29, 1.82) is 0 Å². The van der Waals surface area contributed by atoms with Gasteiger partial charge in [0.05, 0.1) is 6.54 Å². The molecule has 4 nitrogen and oxygen atoms in total. The molecule has 0 aliphatic carbocycles. The fraction of sp³-hybridized carbons (Fsp3) is 0.533. The average Bonchev–Trinajstić information content (AvgIpc) is 2.46. The normalized spacial score (nSPS) is 13.1. The molecule has 0 radical (unpaired) electrons. The number of nitrogens with zero attached hydrogens (tertiary/aromatic N) is 1. The molecule has 2 N–H and O–H groups in total. The quantitative estimate of drug-likeness (QED) is 0.586. The number of ether oxygens (including phenoxy) is 1. The fourth-order valence-corrected chi connectivity index (χ4v) is 1.74. The summed E-state index contributed by atoms with van der Waals surface area (Å²) >= 11 is 0. The highest BCUT2D eigenvalue weighted by atomic mass is 16.5. The molecule has 0 heterocycles. The van der Waals surface area contributed by atoms with Crippen LogP contribution in [0.4, 0.5) is 0 Å². The van der Waals surface area contributed by atoms with Crippen molar-refractivity contribution in [2.24, 2.45) is 4.99 Å². The van der Waals surface area contributed by atoms with Gasteiger partial charge in [0.25, 0.3) is 0 Å². The number of hydrogen-bond acceptors (Lipinski definition) is 2. The second-order valence-electron chi connectivity index (χ2n) is 4.28. The van der Waals surface area contributed by atoms with E-state index in [9.17, 15) is 0 Å². The minimum atomic E-state index is -0.00159. The predicted molar refractivity (Wildman–Crippen MR) is 80.5 cm³/mol. The third-order valence-corrected chi connectivity index (χ3v) is 2.76. The lowest BCUT2D eigenvalue weighted by atomic mass is 10.1. The number of aliphatic imine (C=N–C) groups is 1. The minimum absolute atomic E-state index is 0.00159. The van der Waals surface area contributed by atoms with Gasteiger partial charge in [0, 0.05) is 20.2 Å². The summed E-state index contributed by atoms with van der Waals surface area (Å²) in [5.74, 6) is 0.849. The first-order valence-electron chi connectivity index (χ1n) is 6.91. The van der Waals surface area contributed by atoms with Gasteiger partial charge in [-0.2, -0.15) is 0 Å².